The van der Waals surface area contributed by atoms with Crippen LogP contribution in [0.1, 0.15) is 5.56 Å². The second kappa shape index (κ2) is 5.89. The maximum absolute atomic E-state index is 10.8. The smallest absolute Gasteiger partial charge is 0.326 e. The van der Waals surface area contributed by atoms with Crippen LogP contribution in [0.25, 0.3) is 0 Å². The van der Waals surface area contributed by atoms with Crippen molar-refractivity contribution in [2.45, 2.75) is 11.3 Å². The third-order valence-electron chi connectivity index (χ3n) is 2.18. The summed E-state index contributed by atoms with van der Waals surface area (Å²) in [7, 11) is 0. The maximum atomic E-state index is 10.8. The molecule has 0 fully saturated rings. The number of rotatable bonds is 6. The van der Waals surface area contributed by atoms with Crippen molar-refractivity contribution >= 4 is 17.7 Å². The van der Waals surface area contributed by atoms with Crippen molar-refractivity contribution < 1.29 is 15.0 Å². The van der Waals surface area contributed by atoms with Crippen molar-refractivity contribution in [3.05, 3.63) is 35.9 Å². The highest BCUT2D eigenvalue weighted by molar-refractivity contribution is 7.98. The van der Waals surface area contributed by atoms with E-state index in [0.717, 1.165) is 5.56 Å². The monoisotopic (exact) mass is 241 g/mol. The fourth-order valence-electron chi connectivity index (χ4n) is 1.10. The molecular weight excluding hydrogens is 226 g/mol. The summed E-state index contributed by atoms with van der Waals surface area (Å²) in [5, 5.41) is 17.8. The lowest BCUT2D eigenvalue weighted by atomic mass is 10.1. The van der Waals surface area contributed by atoms with Crippen LogP contribution >= 0.6 is 11.8 Å². The summed E-state index contributed by atoms with van der Waals surface area (Å²) >= 11 is 1.40. The molecule has 0 radical (unpaired) electrons. The number of carbonyl (C=O) groups is 1. The molecule has 0 unspecified atom stereocenters. The van der Waals surface area contributed by atoms with Crippen LogP contribution < -0.4 is 5.73 Å². The highest BCUT2D eigenvalue weighted by Crippen LogP contribution is 2.16. The molecule has 1 rings (SSSR count). The van der Waals surface area contributed by atoms with Gasteiger partial charge in [-0.15, -0.1) is 0 Å². The molecule has 1 aromatic rings. The Hall–Kier alpha value is -1.04. The van der Waals surface area contributed by atoms with Gasteiger partial charge in [0.1, 0.15) is 5.54 Å². The molecule has 0 saturated heterocycles. The minimum Gasteiger partial charge on any atom is -0.480 e. The molecule has 0 aliphatic rings. The average Bonchev–Trinajstić information content (AvgIpc) is 2.30. The van der Waals surface area contributed by atoms with Crippen molar-refractivity contribution in [3.63, 3.8) is 0 Å². The zero-order valence-corrected chi connectivity index (χ0v) is 9.61. The fraction of sp³-hybridized carbons (Fsp3) is 0.364. The lowest BCUT2D eigenvalue weighted by Gasteiger charge is -2.21. The van der Waals surface area contributed by atoms with E-state index in [1.165, 1.54) is 11.8 Å². The molecule has 0 saturated carbocycles. The molecule has 0 aliphatic heterocycles. The van der Waals surface area contributed by atoms with E-state index in [2.05, 4.69) is 0 Å². The van der Waals surface area contributed by atoms with E-state index >= 15 is 0 Å². The second-order valence-corrected chi connectivity index (χ2v) is 4.58. The molecule has 88 valence electrons. The molecule has 0 amide bonds. The Morgan fingerprint density at radius 2 is 2.00 bits per heavy atom. The molecule has 0 bridgehead atoms. The number of carboxylic acid groups (broad SMARTS) is 1. The summed E-state index contributed by atoms with van der Waals surface area (Å²) in [6, 6.07) is 9.70. The van der Waals surface area contributed by atoms with E-state index in [1.807, 2.05) is 30.3 Å². The first-order chi connectivity index (χ1) is 7.58. The minimum absolute atomic E-state index is 0.188. The van der Waals surface area contributed by atoms with Crippen LogP contribution in [0.5, 0.6) is 0 Å². The van der Waals surface area contributed by atoms with Crippen molar-refractivity contribution in [1.82, 2.24) is 0 Å². The van der Waals surface area contributed by atoms with Crippen molar-refractivity contribution in [2.24, 2.45) is 5.73 Å². The number of thioether (sulfide) groups is 1. The predicted molar refractivity (Wildman–Crippen MR) is 64.2 cm³/mol. The van der Waals surface area contributed by atoms with Crippen LogP contribution in [-0.2, 0) is 10.5 Å². The first kappa shape index (κ1) is 13.0. The van der Waals surface area contributed by atoms with Crippen LogP contribution in [0, 0.1) is 0 Å². The zero-order chi connectivity index (χ0) is 12.0. The fourth-order valence-corrected chi connectivity index (χ4v) is 2.21. The molecule has 4 N–H and O–H groups in total. The third kappa shape index (κ3) is 3.52. The van der Waals surface area contributed by atoms with Crippen LogP contribution in [0.4, 0.5) is 0 Å². The van der Waals surface area contributed by atoms with Crippen molar-refractivity contribution in [2.75, 3.05) is 12.4 Å². The minimum atomic E-state index is -1.54. The Bertz CT molecular complexity index is 344. The van der Waals surface area contributed by atoms with Gasteiger partial charge in [0.2, 0.25) is 0 Å². The number of hydrogen-bond acceptors (Lipinski definition) is 4. The SMILES string of the molecule is N[C@@](CO)(CSCc1ccccc1)C(=O)O. The standard InChI is InChI=1S/C11H15NO3S/c12-11(7-13,10(14)15)8-16-6-9-4-2-1-3-5-9/h1-5,13H,6-8,12H2,(H,14,15)/t11-/m0/s1. The molecule has 1 aromatic carbocycles. The second-order valence-electron chi connectivity index (χ2n) is 3.60. The average molecular weight is 241 g/mol. The van der Waals surface area contributed by atoms with E-state index in [4.69, 9.17) is 15.9 Å². The molecule has 4 nitrogen and oxygen atoms in total. The number of carboxylic acids is 1. The van der Waals surface area contributed by atoms with Crippen LogP contribution in [-0.4, -0.2) is 34.1 Å². The van der Waals surface area contributed by atoms with Gasteiger partial charge in [-0.2, -0.15) is 11.8 Å². The van der Waals surface area contributed by atoms with E-state index in [1.54, 1.807) is 0 Å². The highest BCUT2D eigenvalue weighted by Gasteiger charge is 2.32. The Morgan fingerprint density at radius 1 is 1.38 bits per heavy atom. The number of aliphatic hydroxyl groups excluding tert-OH is 1. The molecule has 0 spiro atoms. The quantitative estimate of drug-likeness (QED) is 0.682. The summed E-state index contributed by atoms with van der Waals surface area (Å²) < 4.78 is 0. The molecule has 0 heterocycles. The molecule has 0 aromatic heterocycles. The van der Waals surface area contributed by atoms with E-state index in [9.17, 15) is 4.79 Å². The molecule has 5 heteroatoms. The Balaban J connectivity index is 2.43. The van der Waals surface area contributed by atoms with E-state index in [-0.39, 0.29) is 5.75 Å². The van der Waals surface area contributed by atoms with Gasteiger partial charge in [-0.1, -0.05) is 30.3 Å². The lowest BCUT2D eigenvalue weighted by Crippen LogP contribution is -2.53. The number of aliphatic hydroxyl groups is 1. The van der Waals surface area contributed by atoms with Gasteiger partial charge in [-0.05, 0) is 5.56 Å². The van der Waals surface area contributed by atoms with Gasteiger partial charge in [0.05, 0.1) is 6.61 Å². The molecular formula is C11H15NO3S. The van der Waals surface area contributed by atoms with Gasteiger partial charge >= 0.3 is 5.97 Å². The summed E-state index contributed by atoms with van der Waals surface area (Å²) in [5.74, 6) is -0.295. The van der Waals surface area contributed by atoms with Gasteiger partial charge in [0, 0.05) is 11.5 Å². The summed E-state index contributed by atoms with van der Waals surface area (Å²) in [6.45, 7) is -0.551. The van der Waals surface area contributed by atoms with Gasteiger partial charge in [-0.25, -0.2) is 0 Å². The number of hydrogen-bond donors (Lipinski definition) is 3. The first-order valence-corrected chi connectivity index (χ1v) is 5.99. The highest BCUT2D eigenvalue weighted by atomic mass is 32.2. The summed E-state index contributed by atoms with van der Waals surface area (Å²) in [5.41, 5.74) is 5.10. The zero-order valence-electron chi connectivity index (χ0n) is 8.80. The Labute approximate surface area is 98.5 Å². The summed E-state index contributed by atoms with van der Waals surface area (Å²) in [6.07, 6.45) is 0. The molecule has 1 atom stereocenters. The predicted octanol–water partition coefficient (Wildman–Crippen LogP) is 0.694. The molecule has 16 heavy (non-hydrogen) atoms. The topological polar surface area (TPSA) is 83.5 Å². The van der Waals surface area contributed by atoms with Gasteiger partial charge in [0.25, 0.3) is 0 Å². The van der Waals surface area contributed by atoms with E-state index in [0.29, 0.717) is 5.75 Å². The summed E-state index contributed by atoms with van der Waals surface area (Å²) in [4.78, 5) is 10.8. The Kier molecular flexibility index (Phi) is 4.79. The third-order valence-corrected chi connectivity index (χ3v) is 3.44. The number of aliphatic carboxylic acids is 1. The molecule has 0 aliphatic carbocycles. The number of benzene rings is 1. The maximum Gasteiger partial charge on any atom is 0.326 e. The van der Waals surface area contributed by atoms with Gasteiger partial charge in [-0.3, -0.25) is 4.79 Å². The lowest BCUT2D eigenvalue weighted by molar-refractivity contribution is -0.143. The Morgan fingerprint density at radius 3 is 2.50 bits per heavy atom. The largest absolute Gasteiger partial charge is 0.480 e. The van der Waals surface area contributed by atoms with Crippen LogP contribution in [0.15, 0.2) is 30.3 Å². The van der Waals surface area contributed by atoms with Crippen molar-refractivity contribution in [1.29, 1.82) is 0 Å². The van der Waals surface area contributed by atoms with Gasteiger partial charge in [0.15, 0.2) is 0 Å². The normalized spacial score (nSPS) is 14.4. The van der Waals surface area contributed by atoms with Crippen LogP contribution in [0.3, 0.4) is 0 Å². The van der Waals surface area contributed by atoms with Crippen molar-refractivity contribution in [3.8, 4) is 0 Å². The number of nitrogens with two attached hydrogens (primary N) is 1. The van der Waals surface area contributed by atoms with E-state index < -0.39 is 18.1 Å². The first-order valence-electron chi connectivity index (χ1n) is 4.83. The van der Waals surface area contributed by atoms with Gasteiger partial charge < -0.3 is 15.9 Å². The van der Waals surface area contributed by atoms with Crippen LogP contribution in [0.2, 0.25) is 0 Å².